The number of hydrogen-bond acceptors (Lipinski definition) is 4. The molecule has 2 amide bonds. The summed E-state index contributed by atoms with van der Waals surface area (Å²) < 4.78 is 5.16. The number of amides is 2. The van der Waals surface area contributed by atoms with E-state index in [1.807, 2.05) is 0 Å². The fraction of sp³-hybridized carbons (Fsp3) is 0.588. The van der Waals surface area contributed by atoms with Crippen LogP contribution in [0.15, 0.2) is 16.7 Å². The summed E-state index contributed by atoms with van der Waals surface area (Å²) in [5.74, 6) is -1.00. The molecule has 1 aromatic heterocycles. The molecule has 24 heavy (non-hydrogen) atoms. The smallest absolute Gasteiger partial charge is 0.314 e. The van der Waals surface area contributed by atoms with Gasteiger partial charge in [-0.05, 0) is 31.7 Å². The van der Waals surface area contributed by atoms with Gasteiger partial charge in [0.15, 0.2) is 0 Å². The Morgan fingerprint density at radius 2 is 2.12 bits per heavy atom. The monoisotopic (exact) mass is 332 g/mol. The highest BCUT2D eigenvalue weighted by Gasteiger charge is 2.63. The molecule has 1 aliphatic carbocycles. The highest BCUT2D eigenvalue weighted by Crippen LogP contribution is 2.45. The zero-order chi connectivity index (χ0) is 17.1. The molecule has 2 aliphatic heterocycles. The minimum atomic E-state index is -1.18. The number of fused-ring (bicyclic) bond motifs is 1. The van der Waals surface area contributed by atoms with Gasteiger partial charge in [-0.3, -0.25) is 14.4 Å². The Kier molecular flexibility index (Phi) is 3.23. The maximum atomic E-state index is 12.7. The van der Waals surface area contributed by atoms with Crippen molar-refractivity contribution < 1.29 is 23.9 Å². The molecule has 3 fully saturated rings. The molecule has 7 heteroatoms. The molecule has 0 bridgehead atoms. The number of furan rings is 1. The SMILES string of the molecule is Cc1occc1C(=O)N1C[C@@H]2C(=O)N(CC3CC3)C[C@]2(C(=O)O)C1. The van der Waals surface area contributed by atoms with Gasteiger partial charge >= 0.3 is 5.97 Å². The number of likely N-dealkylation sites (tertiary alicyclic amines) is 2. The van der Waals surface area contributed by atoms with Crippen molar-refractivity contribution in [3.05, 3.63) is 23.7 Å². The molecule has 2 atom stereocenters. The Balaban J connectivity index is 1.58. The van der Waals surface area contributed by atoms with Crippen molar-refractivity contribution in [2.75, 3.05) is 26.2 Å². The molecule has 4 rings (SSSR count). The van der Waals surface area contributed by atoms with Gasteiger partial charge in [0.05, 0.1) is 17.7 Å². The van der Waals surface area contributed by atoms with Crippen LogP contribution < -0.4 is 0 Å². The summed E-state index contributed by atoms with van der Waals surface area (Å²) in [5, 5.41) is 9.81. The van der Waals surface area contributed by atoms with Crippen molar-refractivity contribution in [2.24, 2.45) is 17.3 Å². The van der Waals surface area contributed by atoms with E-state index in [2.05, 4.69) is 0 Å². The molecule has 0 spiro atoms. The average molecular weight is 332 g/mol. The van der Waals surface area contributed by atoms with Crippen LogP contribution in [0, 0.1) is 24.2 Å². The Bertz CT molecular complexity index is 722. The van der Waals surface area contributed by atoms with Gasteiger partial charge < -0.3 is 19.3 Å². The van der Waals surface area contributed by atoms with Crippen LogP contribution in [0.4, 0.5) is 0 Å². The number of hydrogen-bond donors (Lipinski definition) is 1. The molecular weight excluding hydrogens is 312 g/mol. The van der Waals surface area contributed by atoms with Crippen molar-refractivity contribution >= 4 is 17.8 Å². The second kappa shape index (κ2) is 5.09. The molecule has 3 heterocycles. The lowest BCUT2D eigenvalue weighted by atomic mass is 9.81. The number of rotatable bonds is 4. The lowest BCUT2D eigenvalue weighted by molar-refractivity contribution is -0.149. The first-order valence-electron chi connectivity index (χ1n) is 8.28. The van der Waals surface area contributed by atoms with Crippen molar-refractivity contribution in [3.63, 3.8) is 0 Å². The summed E-state index contributed by atoms with van der Waals surface area (Å²) in [5.41, 5.74) is -0.753. The Morgan fingerprint density at radius 3 is 2.67 bits per heavy atom. The molecule has 128 valence electrons. The summed E-state index contributed by atoms with van der Waals surface area (Å²) >= 11 is 0. The van der Waals surface area contributed by atoms with Crippen molar-refractivity contribution in [3.8, 4) is 0 Å². The van der Waals surface area contributed by atoms with E-state index in [1.54, 1.807) is 17.9 Å². The van der Waals surface area contributed by atoms with E-state index in [-0.39, 0.29) is 31.4 Å². The van der Waals surface area contributed by atoms with Gasteiger partial charge in [-0.25, -0.2) is 0 Å². The fourth-order valence-electron chi connectivity index (χ4n) is 4.01. The third-order valence-corrected chi connectivity index (χ3v) is 5.60. The molecular formula is C17H20N2O5. The quantitative estimate of drug-likeness (QED) is 0.887. The first-order valence-corrected chi connectivity index (χ1v) is 8.28. The zero-order valence-corrected chi connectivity index (χ0v) is 13.5. The van der Waals surface area contributed by atoms with Gasteiger partial charge in [0.25, 0.3) is 5.91 Å². The highest BCUT2D eigenvalue weighted by molar-refractivity contribution is 5.98. The predicted molar refractivity (Wildman–Crippen MR) is 82.2 cm³/mol. The molecule has 3 aliphatic rings. The van der Waals surface area contributed by atoms with Crippen LogP contribution in [0.1, 0.15) is 29.0 Å². The van der Waals surface area contributed by atoms with Crippen LogP contribution in [-0.2, 0) is 9.59 Å². The summed E-state index contributed by atoms with van der Waals surface area (Å²) in [6.45, 7) is 2.79. The Hall–Kier alpha value is -2.31. The third kappa shape index (κ3) is 2.14. The van der Waals surface area contributed by atoms with Crippen LogP contribution in [-0.4, -0.2) is 58.9 Å². The molecule has 7 nitrogen and oxygen atoms in total. The Labute approximate surface area is 139 Å². The second-order valence-electron chi connectivity index (χ2n) is 7.25. The van der Waals surface area contributed by atoms with Crippen molar-refractivity contribution in [1.82, 2.24) is 9.80 Å². The predicted octanol–water partition coefficient (Wildman–Crippen LogP) is 0.983. The average Bonchev–Trinajstić information content (AvgIpc) is 3.00. The Morgan fingerprint density at radius 1 is 1.38 bits per heavy atom. The van der Waals surface area contributed by atoms with Crippen LogP contribution >= 0.6 is 0 Å². The number of nitrogens with zero attached hydrogens (tertiary/aromatic N) is 2. The van der Waals surface area contributed by atoms with E-state index < -0.39 is 17.3 Å². The number of carbonyl (C=O) groups is 3. The second-order valence-corrected chi connectivity index (χ2v) is 7.25. The standard InChI is InChI=1S/C17H20N2O5/c1-10-12(4-5-24-10)14(20)19-7-13-15(21)18(6-11-2-3-11)8-17(13,9-19)16(22)23/h4-5,11,13H,2-3,6-9H2,1H3,(H,22,23)/t13-,17+/m1/s1. The molecule has 0 unspecified atom stereocenters. The first kappa shape index (κ1) is 15.2. The summed E-state index contributed by atoms with van der Waals surface area (Å²) in [6.07, 6.45) is 3.66. The number of carbonyl (C=O) groups excluding carboxylic acids is 2. The van der Waals surface area contributed by atoms with E-state index in [1.165, 1.54) is 11.2 Å². The van der Waals surface area contributed by atoms with E-state index in [9.17, 15) is 19.5 Å². The lowest BCUT2D eigenvalue weighted by Crippen LogP contribution is -2.42. The molecule has 1 saturated carbocycles. The molecule has 1 N–H and O–H groups in total. The zero-order valence-electron chi connectivity index (χ0n) is 13.5. The maximum absolute atomic E-state index is 12.7. The van der Waals surface area contributed by atoms with E-state index >= 15 is 0 Å². The number of carboxylic acid groups (broad SMARTS) is 1. The third-order valence-electron chi connectivity index (χ3n) is 5.60. The largest absolute Gasteiger partial charge is 0.481 e. The molecule has 0 aromatic carbocycles. The normalized spacial score (nSPS) is 29.2. The number of aryl methyl sites for hydroxylation is 1. The van der Waals surface area contributed by atoms with Crippen LogP contribution in [0.2, 0.25) is 0 Å². The topological polar surface area (TPSA) is 91.1 Å². The summed E-state index contributed by atoms with van der Waals surface area (Å²) in [7, 11) is 0. The van der Waals surface area contributed by atoms with Crippen molar-refractivity contribution in [1.29, 1.82) is 0 Å². The van der Waals surface area contributed by atoms with Gasteiger partial charge in [0, 0.05) is 26.2 Å². The van der Waals surface area contributed by atoms with Crippen LogP contribution in [0.5, 0.6) is 0 Å². The summed E-state index contributed by atoms with van der Waals surface area (Å²) in [4.78, 5) is 40.5. The van der Waals surface area contributed by atoms with Crippen LogP contribution in [0.3, 0.4) is 0 Å². The van der Waals surface area contributed by atoms with E-state index in [0.717, 1.165) is 12.8 Å². The van der Waals surface area contributed by atoms with E-state index in [0.29, 0.717) is 23.8 Å². The molecule has 2 saturated heterocycles. The minimum Gasteiger partial charge on any atom is -0.481 e. The minimum absolute atomic E-state index is 0.0728. The fourth-order valence-corrected chi connectivity index (χ4v) is 4.01. The van der Waals surface area contributed by atoms with E-state index in [4.69, 9.17) is 4.42 Å². The first-order chi connectivity index (χ1) is 11.4. The van der Waals surface area contributed by atoms with Gasteiger partial charge in [0.1, 0.15) is 11.2 Å². The van der Waals surface area contributed by atoms with Crippen LogP contribution in [0.25, 0.3) is 0 Å². The van der Waals surface area contributed by atoms with Gasteiger partial charge in [-0.2, -0.15) is 0 Å². The van der Waals surface area contributed by atoms with Gasteiger partial charge in [-0.15, -0.1) is 0 Å². The van der Waals surface area contributed by atoms with Gasteiger partial charge in [0.2, 0.25) is 5.91 Å². The number of aliphatic carboxylic acids is 1. The summed E-state index contributed by atoms with van der Waals surface area (Å²) in [6, 6.07) is 1.58. The highest BCUT2D eigenvalue weighted by atomic mass is 16.4. The molecule has 0 radical (unpaired) electrons. The number of carboxylic acids is 1. The maximum Gasteiger partial charge on any atom is 0.314 e. The van der Waals surface area contributed by atoms with Crippen molar-refractivity contribution in [2.45, 2.75) is 19.8 Å². The molecule has 1 aromatic rings. The van der Waals surface area contributed by atoms with Gasteiger partial charge in [-0.1, -0.05) is 0 Å². The lowest BCUT2D eigenvalue weighted by Gasteiger charge is -2.25.